The van der Waals surface area contributed by atoms with Gasteiger partial charge in [-0.05, 0) is 31.9 Å². The summed E-state index contributed by atoms with van der Waals surface area (Å²) in [7, 11) is 0. The van der Waals surface area contributed by atoms with Crippen LogP contribution in [0, 0.1) is 10.1 Å². The number of carbonyl (C=O) groups excluding carboxylic acids is 2. The maximum Gasteiger partial charge on any atom is 0.338 e. The maximum atomic E-state index is 12.7. The average Bonchev–Trinajstić information content (AvgIpc) is 2.74. The third-order valence-corrected chi connectivity index (χ3v) is 4.49. The van der Waals surface area contributed by atoms with Crippen LogP contribution in [0.1, 0.15) is 40.5 Å². The molecule has 10 nitrogen and oxygen atoms in total. The van der Waals surface area contributed by atoms with Gasteiger partial charge in [0.1, 0.15) is 0 Å². The SMILES string of the molecule is CCOC(=O)c1cc(C(=O)NC2CCCN(c3ncccn3)C2)cc([N+](=O)[O-])c1. The van der Waals surface area contributed by atoms with Crippen LogP contribution in [0.3, 0.4) is 0 Å². The lowest BCUT2D eigenvalue weighted by molar-refractivity contribution is -0.384. The van der Waals surface area contributed by atoms with E-state index in [4.69, 9.17) is 4.74 Å². The smallest absolute Gasteiger partial charge is 0.338 e. The Bertz CT molecular complexity index is 905. The van der Waals surface area contributed by atoms with E-state index in [0.717, 1.165) is 31.5 Å². The Hall–Kier alpha value is -3.56. The van der Waals surface area contributed by atoms with Crippen LogP contribution in [0.25, 0.3) is 0 Å². The van der Waals surface area contributed by atoms with Crippen LogP contribution in [0.2, 0.25) is 0 Å². The fourth-order valence-electron chi connectivity index (χ4n) is 3.18. The number of esters is 1. The highest BCUT2D eigenvalue weighted by Gasteiger charge is 2.25. The molecule has 0 spiro atoms. The van der Waals surface area contributed by atoms with Gasteiger partial charge < -0.3 is 15.0 Å². The van der Waals surface area contributed by atoms with Crippen molar-refractivity contribution in [2.45, 2.75) is 25.8 Å². The van der Waals surface area contributed by atoms with Crippen molar-refractivity contribution >= 4 is 23.5 Å². The Labute approximate surface area is 167 Å². The zero-order chi connectivity index (χ0) is 20.8. The summed E-state index contributed by atoms with van der Waals surface area (Å²) in [4.78, 5) is 45.7. The molecule has 0 bridgehead atoms. The zero-order valence-corrected chi connectivity index (χ0v) is 15.9. The summed E-state index contributed by atoms with van der Waals surface area (Å²) in [5.74, 6) is -0.609. The second-order valence-electron chi connectivity index (χ2n) is 6.55. The van der Waals surface area contributed by atoms with Gasteiger partial charge in [-0.3, -0.25) is 14.9 Å². The van der Waals surface area contributed by atoms with E-state index in [1.54, 1.807) is 25.4 Å². The number of nitro benzene ring substituents is 1. The molecule has 3 rings (SSSR count). The first kappa shape index (κ1) is 20.2. The molecule has 152 valence electrons. The highest BCUT2D eigenvalue weighted by Crippen LogP contribution is 2.20. The first-order valence-corrected chi connectivity index (χ1v) is 9.27. The summed E-state index contributed by atoms with van der Waals surface area (Å²) in [5, 5.41) is 14.1. The van der Waals surface area contributed by atoms with Gasteiger partial charge in [0.15, 0.2) is 0 Å². The summed E-state index contributed by atoms with van der Waals surface area (Å²) in [6.07, 6.45) is 4.91. The van der Waals surface area contributed by atoms with E-state index in [1.807, 2.05) is 4.90 Å². The molecule has 0 aliphatic carbocycles. The molecule has 1 saturated heterocycles. The van der Waals surface area contributed by atoms with Gasteiger partial charge in [0.25, 0.3) is 11.6 Å². The highest BCUT2D eigenvalue weighted by atomic mass is 16.6. The van der Waals surface area contributed by atoms with E-state index in [1.165, 1.54) is 6.07 Å². The van der Waals surface area contributed by atoms with Crippen LogP contribution in [0.4, 0.5) is 11.6 Å². The first-order chi connectivity index (χ1) is 14.0. The third-order valence-electron chi connectivity index (χ3n) is 4.49. The zero-order valence-electron chi connectivity index (χ0n) is 15.9. The number of hydrogen-bond donors (Lipinski definition) is 1. The number of ether oxygens (including phenoxy) is 1. The number of non-ortho nitro benzene ring substituents is 1. The second kappa shape index (κ2) is 9.09. The number of hydrogen-bond acceptors (Lipinski definition) is 8. The fraction of sp³-hybridized carbons (Fsp3) is 0.368. The number of rotatable bonds is 6. The fourth-order valence-corrected chi connectivity index (χ4v) is 3.18. The Morgan fingerprint density at radius 2 is 2.00 bits per heavy atom. The van der Waals surface area contributed by atoms with Gasteiger partial charge >= 0.3 is 5.97 Å². The molecule has 1 aromatic carbocycles. The molecule has 1 unspecified atom stereocenters. The minimum absolute atomic E-state index is 0.0332. The molecule has 2 heterocycles. The first-order valence-electron chi connectivity index (χ1n) is 9.27. The van der Waals surface area contributed by atoms with E-state index in [-0.39, 0.29) is 29.5 Å². The van der Waals surface area contributed by atoms with Gasteiger partial charge in [0.05, 0.1) is 17.1 Å². The van der Waals surface area contributed by atoms with E-state index in [0.29, 0.717) is 12.5 Å². The van der Waals surface area contributed by atoms with Crippen molar-refractivity contribution in [2.24, 2.45) is 0 Å². The largest absolute Gasteiger partial charge is 0.462 e. The van der Waals surface area contributed by atoms with Crippen LogP contribution in [-0.2, 0) is 4.74 Å². The van der Waals surface area contributed by atoms with E-state index in [2.05, 4.69) is 15.3 Å². The minimum Gasteiger partial charge on any atom is -0.462 e. The number of piperidine rings is 1. The molecule has 10 heteroatoms. The van der Waals surface area contributed by atoms with Gasteiger partial charge in [-0.15, -0.1) is 0 Å². The number of anilines is 1. The van der Waals surface area contributed by atoms with Crippen molar-refractivity contribution in [2.75, 3.05) is 24.6 Å². The summed E-state index contributed by atoms with van der Waals surface area (Å²) < 4.78 is 4.90. The lowest BCUT2D eigenvalue weighted by Crippen LogP contribution is -2.48. The molecule has 1 aliphatic heterocycles. The molecule has 1 N–H and O–H groups in total. The van der Waals surface area contributed by atoms with Gasteiger partial charge in [-0.25, -0.2) is 14.8 Å². The number of benzene rings is 1. The number of carbonyl (C=O) groups is 2. The molecule has 0 saturated carbocycles. The molecular weight excluding hydrogens is 378 g/mol. The van der Waals surface area contributed by atoms with Gasteiger partial charge in [0, 0.05) is 49.2 Å². The number of nitrogens with one attached hydrogen (secondary N) is 1. The third kappa shape index (κ3) is 5.03. The quantitative estimate of drug-likeness (QED) is 0.444. The lowest BCUT2D eigenvalue weighted by atomic mass is 10.0. The molecular formula is C19H21N5O5. The van der Waals surface area contributed by atoms with Crippen LogP contribution >= 0.6 is 0 Å². The number of amides is 1. The van der Waals surface area contributed by atoms with E-state index < -0.39 is 16.8 Å². The standard InChI is InChI=1S/C19H21N5O5/c1-2-29-18(26)14-9-13(10-16(11-14)24(27)28)17(25)22-15-5-3-8-23(12-15)19-20-6-4-7-21-19/h4,6-7,9-11,15H,2-3,5,8,12H2,1H3,(H,22,25). The number of aromatic nitrogens is 2. The summed E-state index contributed by atoms with van der Waals surface area (Å²) in [6.45, 7) is 3.06. The van der Waals surface area contributed by atoms with Crippen LogP contribution < -0.4 is 10.2 Å². The second-order valence-corrected chi connectivity index (χ2v) is 6.55. The molecule has 1 amide bonds. The molecule has 0 radical (unpaired) electrons. The molecule has 1 aliphatic rings. The summed E-state index contributed by atoms with van der Waals surface area (Å²) in [5.41, 5.74) is -0.340. The van der Waals surface area contributed by atoms with Crippen molar-refractivity contribution in [3.63, 3.8) is 0 Å². The topological polar surface area (TPSA) is 128 Å². The predicted octanol–water partition coefficient (Wildman–Crippen LogP) is 1.96. The van der Waals surface area contributed by atoms with Crippen molar-refractivity contribution in [3.8, 4) is 0 Å². The predicted molar refractivity (Wildman–Crippen MR) is 104 cm³/mol. The van der Waals surface area contributed by atoms with Crippen LogP contribution in [-0.4, -0.2) is 52.5 Å². The number of nitrogens with zero attached hydrogens (tertiary/aromatic N) is 4. The summed E-state index contributed by atoms with van der Waals surface area (Å²) >= 11 is 0. The highest BCUT2D eigenvalue weighted by molar-refractivity contribution is 5.99. The molecule has 1 aromatic heterocycles. The van der Waals surface area contributed by atoms with Crippen molar-refractivity contribution in [1.82, 2.24) is 15.3 Å². The van der Waals surface area contributed by atoms with Crippen molar-refractivity contribution in [1.29, 1.82) is 0 Å². The van der Waals surface area contributed by atoms with E-state index in [9.17, 15) is 19.7 Å². The van der Waals surface area contributed by atoms with Gasteiger partial charge in [-0.1, -0.05) is 0 Å². The molecule has 1 fully saturated rings. The molecule has 1 atom stereocenters. The maximum absolute atomic E-state index is 12.7. The number of nitro groups is 1. The van der Waals surface area contributed by atoms with Gasteiger partial charge in [-0.2, -0.15) is 0 Å². The lowest BCUT2D eigenvalue weighted by Gasteiger charge is -2.33. The Morgan fingerprint density at radius 1 is 1.28 bits per heavy atom. The monoisotopic (exact) mass is 399 g/mol. The summed E-state index contributed by atoms with van der Waals surface area (Å²) in [6, 6.07) is 5.12. The molecule has 2 aromatic rings. The normalized spacial score (nSPS) is 16.2. The average molecular weight is 399 g/mol. The van der Waals surface area contributed by atoms with Gasteiger partial charge in [0.2, 0.25) is 5.95 Å². The van der Waals surface area contributed by atoms with Crippen molar-refractivity contribution in [3.05, 3.63) is 57.9 Å². The van der Waals surface area contributed by atoms with Crippen LogP contribution in [0.5, 0.6) is 0 Å². The minimum atomic E-state index is -0.713. The molecule has 29 heavy (non-hydrogen) atoms. The van der Waals surface area contributed by atoms with Crippen LogP contribution in [0.15, 0.2) is 36.7 Å². The van der Waals surface area contributed by atoms with Crippen molar-refractivity contribution < 1.29 is 19.2 Å². The Kier molecular flexibility index (Phi) is 6.32. The Morgan fingerprint density at radius 3 is 2.69 bits per heavy atom. The Balaban J connectivity index is 1.75. The van der Waals surface area contributed by atoms with E-state index >= 15 is 0 Å².